The first kappa shape index (κ1) is 23.6. The Morgan fingerprint density at radius 2 is 1.91 bits per heavy atom. The van der Waals surface area contributed by atoms with Crippen LogP contribution in [0.1, 0.15) is 43.0 Å². The molecule has 1 aromatic heterocycles. The average molecular weight is 475 g/mol. The van der Waals surface area contributed by atoms with E-state index in [4.69, 9.17) is 0 Å². The van der Waals surface area contributed by atoms with E-state index in [1.54, 1.807) is 6.07 Å². The van der Waals surface area contributed by atoms with Gasteiger partial charge in [0.2, 0.25) is 0 Å². The molecular formula is C24H21F4N3O3. The lowest BCUT2D eigenvalue weighted by Gasteiger charge is -2.49. The molecule has 0 bridgehead atoms. The second-order valence-corrected chi connectivity index (χ2v) is 9.22. The fraction of sp³-hybridized carbons (Fsp3) is 0.333. The number of nitrogens with one attached hydrogen (secondary N) is 1. The first-order chi connectivity index (χ1) is 15.7. The van der Waals surface area contributed by atoms with Crippen molar-refractivity contribution in [3.05, 3.63) is 69.4 Å². The van der Waals surface area contributed by atoms with Gasteiger partial charge in [0.05, 0.1) is 11.6 Å². The molecule has 1 aliphatic carbocycles. The number of pyridine rings is 1. The fourth-order valence-electron chi connectivity index (χ4n) is 4.92. The number of rotatable bonds is 2. The van der Waals surface area contributed by atoms with Crippen molar-refractivity contribution in [2.75, 3.05) is 5.32 Å². The van der Waals surface area contributed by atoms with E-state index >= 15 is 0 Å². The number of phenols is 1. The highest BCUT2D eigenvalue weighted by Gasteiger charge is 2.64. The first-order valence-electron chi connectivity index (χ1n) is 10.3. The Bertz CT molecular complexity index is 1420. The van der Waals surface area contributed by atoms with Crippen molar-refractivity contribution >= 4 is 16.5 Å². The number of aromatic hydroxyl groups is 1. The molecule has 1 heterocycles. The van der Waals surface area contributed by atoms with Gasteiger partial charge in [-0.3, -0.25) is 4.79 Å². The standard InChI is InChI=1S/C24H21F4N3O3/c1-22(2)11-23(34,24(26,27)28)20(15-9-12(10-29)18(25)19(32)17(15)22)30-16-6-4-5-14-13(16)7-8-31(3)21(14)33/h4-9,20,30,32,34H,11H2,1-3H3. The quantitative estimate of drug-likeness (QED) is 0.478. The SMILES string of the molecule is Cn1ccc2c(NC3c4cc(C#N)c(F)c(O)c4C(C)(C)CC3(O)C(F)(F)F)cccc2c1=O. The van der Waals surface area contributed by atoms with Crippen LogP contribution in [-0.2, 0) is 12.5 Å². The molecule has 2 aromatic carbocycles. The highest BCUT2D eigenvalue weighted by atomic mass is 19.4. The molecule has 4 rings (SSSR count). The molecule has 0 spiro atoms. The number of aryl methyl sites for hydroxylation is 1. The molecular weight excluding hydrogens is 454 g/mol. The summed E-state index contributed by atoms with van der Waals surface area (Å²) in [7, 11) is 1.53. The van der Waals surface area contributed by atoms with Crippen molar-refractivity contribution in [2.24, 2.45) is 7.05 Å². The predicted octanol–water partition coefficient (Wildman–Crippen LogP) is 4.38. The Balaban J connectivity index is 2.03. The minimum Gasteiger partial charge on any atom is -0.505 e. The molecule has 0 saturated carbocycles. The normalized spacial score (nSPS) is 21.7. The monoisotopic (exact) mass is 475 g/mol. The first-order valence-corrected chi connectivity index (χ1v) is 10.3. The molecule has 0 saturated heterocycles. The Morgan fingerprint density at radius 1 is 1.24 bits per heavy atom. The van der Waals surface area contributed by atoms with Gasteiger partial charge in [-0.05, 0) is 41.7 Å². The minimum absolute atomic E-state index is 0.121. The van der Waals surface area contributed by atoms with E-state index in [2.05, 4.69) is 5.32 Å². The maximum atomic E-state index is 14.6. The van der Waals surface area contributed by atoms with Crippen LogP contribution in [0.5, 0.6) is 5.75 Å². The molecule has 0 amide bonds. The van der Waals surface area contributed by atoms with Crippen molar-refractivity contribution in [2.45, 2.75) is 43.5 Å². The van der Waals surface area contributed by atoms with Crippen molar-refractivity contribution in [1.29, 1.82) is 5.26 Å². The summed E-state index contributed by atoms with van der Waals surface area (Å²) < 4.78 is 59.0. The van der Waals surface area contributed by atoms with E-state index in [1.165, 1.54) is 55.9 Å². The van der Waals surface area contributed by atoms with Crippen LogP contribution in [0, 0.1) is 17.1 Å². The van der Waals surface area contributed by atoms with Crippen molar-refractivity contribution < 1.29 is 27.8 Å². The average Bonchev–Trinajstić information content (AvgIpc) is 2.74. The summed E-state index contributed by atoms with van der Waals surface area (Å²) >= 11 is 0. The number of nitrogens with zero attached hydrogens (tertiary/aromatic N) is 2. The number of aromatic nitrogens is 1. The van der Waals surface area contributed by atoms with Gasteiger partial charge in [0.1, 0.15) is 6.07 Å². The molecule has 0 aliphatic heterocycles. The van der Waals surface area contributed by atoms with E-state index in [9.17, 15) is 37.8 Å². The summed E-state index contributed by atoms with van der Waals surface area (Å²) in [6.07, 6.45) is -4.56. The number of alkyl halides is 3. The Hall–Kier alpha value is -3.58. The number of hydrogen-bond donors (Lipinski definition) is 3. The summed E-state index contributed by atoms with van der Waals surface area (Å²) in [6.45, 7) is 2.71. The third-order valence-corrected chi connectivity index (χ3v) is 6.48. The zero-order chi connectivity index (χ0) is 25.2. The van der Waals surface area contributed by atoms with Crippen molar-refractivity contribution in [3.63, 3.8) is 0 Å². The molecule has 3 aromatic rings. The third-order valence-electron chi connectivity index (χ3n) is 6.48. The van der Waals surface area contributed by atoms with Gasteiger partial charge < -0.3 is 20.1 Å². The van der Waals surface area contributed by atoms with Gasteiger partial charge in [0, 0.05) is 35.3 Å². The predicted molar refractivity (Wildman–Crippen MR) is 117 cm³/mol. The molecule has 1 aliphatic rings. The number of nitriles is 1. The number of anilines is 1. The molecule has 178 valence electrons. The van der Waals surface area contributed by atoms with Gasteiger partial charge in [-0.1, -0.05) is 19.9 Å². The highest BCUT2D eigenvalue weighted by Crippen LogP contribution is 2.57. The van der Waals surface area contributed by atoms with Crippen LogP contribution >= 0.6 is 0 Å². The Labute approximate surface area is 191 Å². The molecule has 0 radical (unpaired) electrons. The van der Waals surface area contributed by atoms with E-state index in [1.807, 2.05) is 0 Å². The largest absolute Gasteiger partial charge is 0.505 e. The molecule has 2 unspecified atom stereocenters. The molecule has 6 nitrogen and oxygen atoms in total. The fourth-order valence-corrected chi connectivity index (χ4v) is 4.92. The summed E-state index contributed by atoms with van der Waals surface area (Å²) in [5.74, 6) is -2.17. The van der Waals surface area contributed by atoms with E-state index in [0.717, 1.165) is 6.07 Å². The molecule has 3 N–H and O–H groups in total. The highest BCUT2D eigenvalue weighted by molar-refractivity contribution is 5.93. The smallest absolute Gasteiger partial charge is 0.419 e. The summed E-state index contributed by atoms with van der Waals surface area (Å²) in [4.78, 5) is 12.5. The van der Waals surface area contributed by atoms with Gasteiger partial charge in [-0.25, -0.2) is 4.39 Å². The Morgan fingerprint density at radius 3 is 2.53 bits per heavy atom. The number of fused-ring (bicyclic) bond motifs is 2. The van der Waals surface area contributed by atoms with Crippen LogP contribution in [0.2, 0.25) is 0 Å². The maximum absolute atomic E-state index is 14.6. The van der Waals surface area contributed by atoms with Crippen LogP contribution in [-0.4, -0.2) is 26.6 Å². The summed E-state index contributed by atoms with van der Waals surface area (Å²) in [5.41, 5.74) is -6.14. The van der Waals surface area contributed by atoms with Gasteiger partial charge in [0.15, 0.2) is 17.2 Å². The van der Waals surface area contributed by atoms with E-state index in [0.29, 0.717) is 5.39 Å². The lowest BCUT2D eigenvalue weighted by molar-refractivity contribution is -0.276. The van der Waals surface area contributed by atoms with Crippen LogP contribution in [0.4, 0.5) is 23.2 Å². The molecule has 34 heavy (non-hydrogen) atoms. The number of halogens is 4. The molecule has 10 heteroatoms. The third kappa shape index (κ3) is 3.30. The Kier molecular flexibility index (Phi) is 5.18. The van der Waals surface area contributed by atoms with Gasteiger partial charge in [-0.2, -0.15) is 18.4 Å². The lowest BCUT2D eigenvalue weighted by Crippen LogP contribution is -2.58. The lowest BCUT2D eigenvalue weighted by atomic mass is 9.63. The maximum Gasteiger partial charge on any atom is 0.419 e. The summed E-state index contributed by atoms with van der Waals surface area (Å²) in [6, 6.07) is 6.54. The summed E-state index contributed by atoms with van der Waals surface area (Å²) in [5, 5.41) is 34.2. The van der Waals surface area contributed by atoms with Gasteiger partial charge in [0.25, 0.3) is 5.56 Å². The van der Waals surface area contributed by atoms with Gasteiger partial charge >= 0.3 is 6.18 Å². The van der Waals surface area contributed by atoms with Crippen LogP contribution in [0.3, 0.4) is 0 Å². The zero-order valence-electron chi connectivity index (χ0n) is 18.5. The van der Waals surface area contributed by atoms with E-state index in [-0.39, 0.29) is 27.8 Å². The van der Waals surface area contributed by atoms with Crippen LogP contribution in [0.25, 0.3) is 10.8 Å². The van der Waals surface area contributed by atoms with Gasteiger partial charge in [-0.15, -0.1) is 0 Å². The number of benzene rings is 2. The molecule has 0 fully saturated rings. The second-order valence-electron chi connectivity index (χ2n) is 9.22. The second kappa shape index (κ2) is 7.46. The number of aliphatic hydroxyl groups is 1. The number of hydrogen-bond acceptors (Lipinski definition) is 5. The molecule has 2 atom stereocenters. The van der Waals surface area contributed by atoms with Crippen molar-refractivity contribution in [1.82, 2.24) is 4.57 Å². The zero-order valence-corrected chi connectivity index (χ0v) is 18.5. The topological polar surface area (TPSA) is 98.3 Å². The van der Waals surface area contributed by atoms with Crippen molar-refractivity contribution in [3.8, 4) is 11.8 Å². The minimum atomic E-state index is -5.13. The van der Waals surface area contributed by atoms with Crippen LogP contribution < -0.4 is 10.9 Å². The van der Waals surface area contributed by atoms with Crippen LogP contribution in [0.15, 0.2) is 41.3 Å². The van der Waals surface area contributed by atoms with E-state index < -0.39 is 46.8 Å². The number of phenolic OH excluding ortho intramolecular Hbond substituents is 1.